The first-order valence-electron chi connectivity index (χ1n) is 12.6. The fourth-order valence-corrected chi connectivity index (χ4v) is 5.11. The van der Waals surface area contributed by atoms with Gasteiger partial charge in [0.25, 0.3) is 17.7 Å². The molecule has 0 aliphatic carbocycles. The van der Waals surface area contributed by atoms with Gasteiger partial charge in [0.15, 0.2) is 12.1 Å². The minimum atomic E-state index is -2.95. The minimum Gasteiger partial charge on any atom is -0.435 e. The van der Waals surface area contributed by atoms with Crippen LogP contribution in [0.15, 0.2) is 94.3 Å². The van der Waals surface area contributed by atoms with E-state index in [1.807, 2.05) is 30.3 Å². The molecule has 0 saturated carbocycles. The second kappa shape index (κ2) is 10.5. The van der Waals surface area contributed by atoms with Crippen LogP contribution in [0, 0.1) is 5.82 Å². The molecular formula is C28H21F3N6O4. The van der Waals surface area contributed by atoms with Crippen molar-refractivity contribution < 1.29 is 32.3 Å². The first-order chi connectivity index (χ1) is 19.8. The summed E-state index contributed by atoms with van der Waals surface area (Å²) < 4.78 is 43.3. The van der Waals surface area contributed by atoms with Gasteiger partial charge >= 0.3 is 6.61 Å². The molecular weight excluding hydrogens is 541 g/mol. The average molecular weight is 563 g/mol. The lowest BCUT2D eigenvalue weighted by molar-refractivity contribution is -0.135. The van der Waals surface area contributed by atoms with Gasteiger partial charge in [-0.1, -0.05) is 41.6 Å². The smallest absolute Gasteiger partial charge is 0.387 e. The molecule has 3 atom stereocenters. The molecule has 0 N–H and O–H groups in total. The van der Waals surface area contributed by atoms with Gasteiger partial charge in [0.2, 0.25) is 0 Å². The first kappa shape index (κ1) is 26.2. The van der Waals surface area contributed by atoms with E-state index < -0.39 is 54.8 Å². The Balaban J connectivity index is 1.24. The molecule has 0 aromatic heterocycles. The van der Waals surface area contributed by atoms with E-state index in [0.717, 1.165) is 21.5 Å². The van der Waals surface area contributed by atoms with Gasteiger partial charge in [-0.2, -0.15) is 19.0 Å². The summed E-state index contributed by atoms with van der Waals surface area (Å²) in [4.78, 5) is 40.7. The first-order valence-corrected chi connectivity index (χ1v) is 12.6. The number of ether oxygens (including phenoxy) is 1. The molecule has 13 heteroatoms. The number of fused-ring (bicyclic) bond motifs is 1. The molecule has 0 bridgehead atoms. The molecule has 1 fully saturated rings. The third-order valence-corrected chi connectivity index (χ3v) is 6.98. The molecule has 3 amide bonds. The van der Waals surface area contributed by atoms with Gasteiger partial charge in [-0.25, -0.2) is 14.3 Å². The Bertz CT molecular complexity index is 1570. The summed E-state index contributed by atoms with van der Waals surface area (Å²) in [6.45, 7) is -3.35. The van der Waals surface area contributed by atoms with Crippen LogP contribution in [-0.4, -0.2) is 58.7 Å². The Kier molecular flexibility index (Phi) is 6.69. The molecule has 208 valence electrons. The number of halogens is 3. The van der Waals surface area contributed by atoms with Crippen molar-refractivity contribution in [3.05, 3.63) is 95.8 Å². The summed E-state index contributed by atoms with van der Waals surface area (Å²) in [5, 5.41) is 14.9. The Morgan fingerprint density at radius 2 is 1.73 bits per heavy atom. The molecule has 0 spiro atoms. The van der Waals surface area contributed by atoms with E-state index >= 15 is 0 Å². The van der Waals surface area contributed by atoms with Crippen LogP contribution in [0.3, 0.4) is 0 Å². The number of imide groups is 1. The fraction of sp³-hybridized carbons (Fsp3) is 0.214. The van der Waals surface area contributed by atoms with Crippen molar-refractivity contribution in [1.82, 2.24) is 10.0 Å². The molecule has 3 aromatic carbocycles. The van der Waals surface area contributed by atoms with E-state index in [-0.39, 0.29) is 11.4 Å². The van der Waals surface area contributed by atoms with Crippen LogP contribution in [0.2, 0.25) is 0 Å². The molecule has 3 aromatic rings. The van der Waals surface area contributed by atoms with Gasteiger partial charge < -0.3 is 4.74 Å². The molecule has 3 aliphatic heterocycles. The molecule has 1 saturated heterocycles. The van der Waals surface area contributed by atoms with Crippen LogP contribution in [0.25, 0.3) is 0 Å². The zero-order chi connectivity index (χ0) is 28.7. The zero-order valence-electron chi connectivity index (χ0n) is 21.2. The predicted octanol–water partition coefficient (Wildman–Crippen LogP) is 4.10. The number of hydrogen-bond donors (Lipinski definition) is 0. The lowest BCUT2D eigenvalue weighted by atomic mass is 9.98. The SMILES string of the molecule is O=C1[C@@H]2N=NN(CC(=O)N3N=C(c4ccc(OC(F)F)cc4)C[C@@H]3c3ccccc3)[C@H]2C(=O)N1c1cccc(F)c1. The summed E-state index contributed by atoms with van der Waals surface area (Å²) >= 11 is 0. The molecule has 3 aliphatic rings. The Morgan fingerprint density at radius 3 is 2.44 bits per heavy atom. The van der Waals surface area contributed by atoms with E-state index in [1.54, 1.807) is 12.1 Å². The van der Waals surface area contributed by atoms with Crippen LogP contribution in [-0.2, 0) is 14.4 Å². The van der Waals surface area contributed by atoms with Crippen molar-refractivity contribution in [2.24, 2.45) is 15.4 Å². The average Bonchev–Trinajstić information content (AvgIpc) is 3.65. The lowest BCUT2D eigenvalue weighted by Gasteiger charge is -2.25. The number of anilines is 1. The van der Waals surface area contributed by atoms with Gasteiger partial charge in [-0.15, -0.1) is 0 Å². The number of rotatable bonds is 7. The highest BCUT2D eigenvalue weighted by Crippen LogP contribution is 2.35. The van der Waals surface area contributed by atoms with E-state index in [0.29, 0.717) is 17.7 Å². The van der Waals surface area contributed by atoms with E-state index in [1.165, 1.54) is 35.3 Å². The number of amides is 3. The summed E-state index contributed by atoms with van der Waals surface area (Å²) in [6.07, 6.45) is 0.336. The topological polar surface area (TPSA) is 107 Å². The van der Waals surface area contributed by atoms with Gasteiger partial charge in [0.1, 0.15) is 18.1 Å². The second-order valence-electron chi connectivity index (χ2n) is 9.50. The second-order valence-corrected chi connectivity index (χ2v) is 9.50. The fourth-order valence-electron chi connectivity index (χ4n) is 5.11. The van der Waals surface area contributed by atoms with Crippen LogP contribution in [0.4, 0.5) is 18.9 Å². The maximum absolute atomic E-state index is 13.8. The predicted molar refractivity (Wildman–Crippen MR) is 138 cm³/mol. The van der Waals surface area contributed by atoms with Crippen molar-refractivity contribution in [3.8, 4) is 5.75 Å². The van der Waals surface area contributed by atoms with Gasteiger partial charge in [0.05, 0.1) is 17.4 Å². The maximum Gasteiger partial charge on any atom is 0.387 e. The van der Waals surface area contributed by atoms with Gasteiger partial charge in [-0.05, 0) is 53.6 Å². The minimum absolute atomic E-state index is 0.00750. The number of benzene rings is 3. The highest BCUT2D eigenvalue weighted by Gasteiger charge is 2.55. The third kappa shape index (κ3) is 4.90. The van der Waals surface area contributed by atoms with Crippen molar-refractivity contribution in [1.29, 1.82) is 0 Å². The van der Waals surface area contributed by atoms with Crippen molar-refractivity contribution in [3.63, 3.8) is 0 Å². The summed E-state index contributed by atoms with van der Waals surface area (Å²) in [5.74, 6) is -2.45. The number of hydrazone groups is 1. The number of carbonyl (C=O) groups excluding carboxylic acids is 3. The summed E-state index contributed by atoms with van der Waals surface area (Å²) in [7, 11) is 0. The molecule has 3 heterocycles. The van der Waals surface area contributed by atoms with Crippen molar-refractivity contribution in [2.45, 2.75) is 31.2 Å². The normalized spacial score (nSPS) is 21.6. The lowest BCUT2D eigenvalue weighted by Crippen LogP contribution is -2.44. The molecule has 0 radical (unpaired) electrons. The summed E-state index contributed by atoms with van der Waals surface area (Å²) in [6, 6.07) is 17.4. The number of nitrogens with zero attached hydrogens (tertiary/aromatic N) is 6. The summed E-state index contributed by atoms with van der Waals surface area (Å²) in [5.41, 5.74) is 2.04. The molecule has 10 nitrogen and oxygen atoms in total. The van der Waals surface area contributed by atoms with Crippen molar-refractivity contribution >= 4 is 29.1 Å². The zero-order valence-corrected chi connectivity index (χ0v) is 21.2. The monoisotopic (exact) mass is 562 g/mol. The third-order valence-electron chi connectivity index (χ3n) is 6.98. The van der Waals surface area contributed by atoms with E-state index in [9.17, 15) is 27.6 Å². The van der Waals surface area contributed by atoms with Gasteiger partial charge in [0, 0.05) is 6.42 Å². The largest absolute Gasteiger partial charge is 0.435 e. The molecule has 6 rings (SSSR count). The van der Waals surface area contributed by atoms with Crippen LogP contribution < -0.4 is 9.64 Å². The quantitative estimate of drug-likeness (QED) is 0.403. The van der Waals surface area contributed by atoms with E-state index in [2.05, 4.69) is 20.2 Å². The molecule has 0 unspecified atom stereocenters. The highest BCUT2D eigenvalue weighted by molar-refractivity contribution is 6.25. The Labute approximate surface area is 231 Å². The number of hydrogen-bond acceptors (Lipinski definition) is 8. The Hall–Kier alpha value is -5.07. The Morgan fingerprint density at radius 1 is 0.976 bits per heavy atom. The van der Waals surface area contributed by atoms with Crippen LogP contribution >= 0.6 is 0 Å². The van der Waals surface area contributed by atoms with Gasteiger partial charge in [-0.3, -0.25) is 19.4 Å². The van der Waals surface area contributed by atoms with Crippen molar-refractivity contribution in [2.75, 3.05) is 11.4 Å². The number of alkyl halides is 2. The van der Waals surface area contributed by atoms with Crippen LogP contribution in [0.5, 0.6) is 5.75 Å². The number of carbonyl (C=O) groups is 3. The maximum atomic E-state index is 13.8. The standard InChI is InChI=1S/C28H21F3N6O4/c29-18-7-4-8-19(13-18)36-26(39)24-25(27(36)40)35(34-32-24)15-23(38)37-22(17-5-2-1-3-6-17)14-21(33-37)16-9-11-20(12-10-16)41-28(30)31/h1-13,22,24-25,28H,14-15H2/t22-,24-,25-/m1/s1. The van der Waals surface area contributed by atoms with E-state index in [4.69, 9.17) is 0 Å². The molecule has 41 heavy (non-hydrogen) atoms. The van der Waals surface area contributed by atoms with Crippen LogP contribution in [0.1, 0.15) is 23.6 Å². The highest BCUT2D eigenvalue weighted by atomic mass is 19.3.